The summed E-state index contributed by atoms with van der Waals surface area (Å²) >= 11 is 7.59. The Balaban J connectivity index is 1.52. The maximum absolute atomic E-state index is 13.1. The quantitative estimate of drug-likeness (QED) is 0.540. The number of aliphatic hydroxyl groups is 1. The first kappa shape index (κ1) is 21.4. The fraction of sp³-hybridized carbons (Fsp3) is 0.524. The van der Waals surface area contributed by atoms with Gasteiger partial charge in [0.1, 0.15) is 23.4 Å². The molecule has 2 aromatic rings. The largest absolute Gasteiger partial charge is 0.489 e. The maximum atomic E-state index is 13.1. The predicted octanol–water partition coefficient (Wildman–Crippen LogP) is 2.81. The number of aromatic nitrogens is 1. The van der Waals surface area contributed by atoms with E-state index in [1.165, 1.54) is 0 Å². The number of halogens is 1. The molecule has 0 radical (unpaired) electrons. The van der Waals surface area contributed by atoms with Crippen LogP contribution in [0.25, 0.3) is 0 Å². The Morgan fingerprint density at radius 2 is 2.33 bits per heavy atom. The van der Waals surface area contributed by atoms with Gasteiger partial charge in [-0.2, -0.15) is 0 Å². The molecule has 162 valence electrons. The normalized spacial score (nSPS) is 21.8. The highest BCUT2D eigenvalue weighted by Gasteiger charge is 2.33. The number of ether oxygens (including phenoxy) is 1. The summed E-state index contributed by atoms with van der Waals surface area (Å²) in [5.74, 6) is 0.533. The number of carbonyl (C=O) groups is 1. The van der Waals surface area contributed by atoms with Crippen LogP contribution >= 0.6 is 22.9 Å². The Hall–Kier alpha value is -1.87. The Kier molecular flexibility index (Phi) is 6.77. The summed E-state index contributed by atoms with van der Waals surface area (Å²) in [6, 6.07) is 4.75. The van der Waals surface area contributed by atoms with Crippen molar-refractivity contribution in [3.63, 3.8) is 0 Å². The number of benzene rings is 1. The van der Waals surface area contributed by atoms with Crippen LogP contribution in [0.15, 0.2) is 18.2 Å². The van der Waals surface area contributed by atoms with Crippen molar-refractivity contribution in [2.45, 2.75) is 50.7 Å². The van der Waals surface area contributed by atoms with Crippen LogP contribution in [0.5, 0.6) is 5.75 Å². The number of nitrogens with one attached hydrogen (secondary N) is 3. The summed E-state index contributed by atoms with van der Waals surface area (Å²) in [4.78, 5) is 18.9. The van der Waals surface area contributed by atoms with E-state index in [1.54, 1.807) is 23.5 Å². The second kappa shape index (κ2) is 9.51. The predicted molar refractivity (Wildman–Crippen MR) is 119 cm³/mol. The van der Waals surface area contributed by atoms with Crippen molar-refractivity contribution >= 4 is 34.5 Å². The van der Waals surface area contributed by atoms with Gasteiger partial charge in [-0.1, -0.05) is 18.0 Å². The van der Waals surface area contributed by atoms with Crippen molar-refractivity contribution in [3.8, 4) is 5.75 Å². The molecule has 3 atom stereocenters. The van der Waals surface area contributed by atoms with Gasteiger partial charge in [0, 0.05) is 35.0 Å². The number of aryl methyl sites for hydroxylation is 1. The van der Waals surface area contributed by atoms with Crippen LogP contribution < -0.4 is 20.7 Å². The van der Waals surface area contributed by atoms with Crippen LogP contribution in [0.4, 0.5) is 5.69 Å². The second-order valence-electron chi connectivity index (χ2n) is 7.73. The molecule has 7 nitrogen and oxygen atoms in total. The minimum Gasteiger partial charge on any atom is -0.489 e. The van der Waals surface area contributed by atoms with Crippen LogP contribution in [0.3, 0.4) is 0 Å². The first-order valence-corrected chi connectivity index (χ1v) is 11.5. The molecule has 3 heterocycles. The third kappa shape index (κ3) is 4.72. The standard InChI is InChI=1S/C21H27ClN4O3S/c1-12-18(7-9-27)30-21(24-12)19(15-4-2-3-8-23-15)26-20(28)16-11-29-17-10-13(22)5-6-14(17)25-16/h5-6,10,15-16,19,23,25,27H,2-4,7-9,11H2,1H3,(H,26,28). The number of amides is 1. The molecule has 1 aromatic heterocycles. The smallest absolute Gasteiger partial charge is 0.246 e. The van der Waals surface area contributed by atoms with Gasteiger partial charge >= 0.3 is 0 Å². The van der Waals surface area contributed by atoms with E-state index in [9.17, 15) is 9.90 Å². The number of carbonyl (C=O) groups excluding carboxylic acids is 1. The molecule has 1 saturated heterocycles. The van der Waals surface area contributed by atoms with Gasteiger partial charge in [-0.15, -0.1) is 11.3 Å². The molecule has 4 rings (SSSR count). The number of nitrogens with zero attached hydrogens (tertiary/aromatic N) is 1. The zero-order chi connectivity index (χ0) is 21.1. The highest BCUT2D eigenvalue weighted by atomic mass is 35.5. The number of hydrogen-bond acceptors (Lipinski definition) is 7. The molecular weight excluding hydrogens is 424 g/mol. The molecule has 0 bridgehead atoms. The molecule has 0 saturated carbocycles. The van der Waals surface area contributed by atoms with Crippen LogP contribution in [0.2, 0.25) is 5.02 Å². The van der Waals surface area contributed by atoms with Crippen molar-refractivity contribution in [3.05, 3.63) is 38.8 Å². The van der Waals surface area contributed by atoms with E-state index >= 15 is 0 Å². The molecule has 2 aliphatic heterocycles. The number of anilines is 1. The third-order valence-electron chi connectivity index (χ3n) is 5.56. The Bertz CT molecular complexity index is 900. The molecule has 4 N–H and O–H groups in total. The number of hydrogen-bond donors (Lipinski definition) is 4. The molecular formula is C21H27ClN4O3S. The van der Waals surface area contributed by atoms with Crippen molar-refractivity contribution in [2.75, 3.05) is 25.1 Å². The van der Waals surface area contributed by atoms with Gasteiger partial charge in [-0.3, -0.25) is 4.79 Å². The van der Waals surface area contributed by atoms with Gasteiger partial charge < -0.3 is 25.8 Å². The summed E-state index contributed by atoms with van der Waals surface area (Å²) < 4.78 is 5.76. The highest BCUT2D eigenvalue weighted by molar-refractivity contribution is 7.11. The summed E-state index contributed by atoms with van der Waals surface area (Å²) in [6.07, 6.45) is 3.83. The molecule has 0 spiro atoms. The number of rotatable bonds is 6. The Morgan fingerprint density at radius 3 is 3.10 bits per heavy atom. The first-order valence-electron chi connectivity index (χ1n) is 10.3. The minimum atomic E-state index is -0.497. The lowest BCUT2D eigenvalue weighted by Crippen LogP contribution is -2.51. The molecule has 30 heavy (non-hydrogen) atoms. The molecule has 1 amide bonds. The Morgan fingerprint density at radius 1 is 1.47 bits per heavy atom. The minimum absolute atomic E-state index is 0.0912. The lowest BCUT2D eigenvalue weighted by atomic mass is 9.97. The van der Waals surface area contributed by atoms with Gasteiger partial charge in [-0.05, 0) is 38.4 Å². The lowest BCUT2D eigenvalue weighted by Gasteiger charge is -2.33. The zero-order valence-electron chi connectivity index (χ0n) is 16.9. The maximum Gasteiger partial charge on any atom is 0.246 e. The van der Waals surface area contributed by atoms with Gasteiger partial charge in [0.05, 0.1) is 17.4 Å². The molecule has 3 unspecified atom stereocenters. The van der Waals surface area contributed by atoms with Crippen molar-refractivity contribution in [1.29, 1.82) is 0 Å². The topological polar surface area (TPSA) is 95.5 Å². The molecule has 2 aliphatic rings. The lowest BCUT2D eigenvalue weighted by molar-refractivity contribution is -0.123. The first-order chi connectivity index (χ1) is 14.5. The van der Waals surface area contributed by atoms with Crippen molar-refractivity contribution in [1.82, 2.24) is 15.6 Å². The van der Waals surface area contributed by atoms with Gasteiger partial charge in [0.15, 0.2) is 0 Å². The number of thiazole rings is 1. The van der Waals surface area contributed by atoms with E-state index < -0.39 is 6.04 Å². The number of piperidine rings is 1. The average Bonchev–Trinajstić information content (AvgIpc) is 3.12. The van der Waals surface area contributed by atoms with Crippen LogP contribution in [0, 0.1) is 6.92 Å². The monoisotopic (exact) mass is 450 g/mol. The van der Waals surface area contributed by atoms with E-state index in [-0.39, 0.29) is 31.2 Å². The second-order valence-corrected chi connectivity index (χ2v) is 9.28. The fourth-order valence-electron chi connectivity index (χ4n) is 3.95. The van der Waals surface area contributed by atoms with Crippen LogP contribution in [-0.4, -0.2) is 47.8 Å². The summed E-state index contributed by atoms with van der Waals surface area (Å²) in [5, 5.41) is 20.8. The van der Waals surface area contributed by atoms with Gasteiger partial charge in [0.2, 0.25) is 5.91 Å². The van der Waals surface area contributed by atoms with E-state index in [4.69, 9.17) is 21.3 Å². The number of fused-ring (bicyclic) bond motifs is 1. The zero-order valence-corrected chi connectivity index (χ0v) is 18.5. The van der Waals surface area contributed by atoms with Crippen molar-refractivity contribution < 1.29 is 14.6 Å². The summed E-state index contributed by atoms with van der Waals surface area (Å²) in [5.41, 5.74) is 1.68. The van der Waals surface area contributed by atoms with Gasteiger partial charge in [-0.25, -0.2) is 4.98 Å². The highest BCUT2D eigenvalue weighted by Crippen LogP contribution is 2.33. The van der Waals surface area contributed by atoms with E-state index in [0.29, 0.717) is 17.2 Å². The van der Waals surface area contributed by atoms with E-state index in [2.05, 4.69) is 16.0 Å². The fourth-order valence-corrected chi connectivity index (χ4v) is 5.28. The molecule has 0 aliphatic carbocycles. The summed E-state index contributed by atoms with van der Waals surface area (Å²) in [7, 11) is 0. The van der Waals surface area contributed by atoms with Crippen LogP contribution in [-0.2, 0) is 11.2 Å². The van der Waals surface area contributed by atoms with E-state index in [1.807, 2.05) is 13.0 Å². The number of aliphatic hydroxyl groups excluding tert-OH is 1. The third-order valence-corrected chi connectivity index (χ3v) is 7.09. The molecule has 1 aromatic carbocycles. The molecule has 1 fully saturated rings. The van der Waals surface area contributed by atoms with Crippen molar-refractivity contribution in [2.24, 2.45) is 0 Å². The van der Waals surface area contributed by atoms with E-state index in [0.717, 1.165) is 47.1 Å². The van der Waals surface area contributed by atoms with Crippen LogP contribution in [0.1, 0.15) is 40.9 Å². The average molecular weight is 451 g/mol. The SMILES string of the molecule is Cc1nc(C(NC(=O)C2COc3cc(Cl)ccc3N2)C2CCCCN2)sc1CCO. The Labute approximate surface area is 185 Å². The molecule has 9 heteroatoms. The summed E-state index contributed by atoms with van der Waals surface area (Å²) in [6.45, 7) is 3.21. The van der Waals surface area contributed by atoms with Gasteiger partial charge in [0.25, 0.3) is 0 Å².